The van der Waals surface area contributed by atoms with Gasteiger partial charge < -0.3 is 14.8 Å². The number of hydrogen-bond acceptors (Lipinski definition) is 6. The number of ether oxygens (including phenoxy) is 2. The molecule has 2 aromatic carbocycles. The molecule has 0 fully saturated rings. The number of para-hydroxylation sites is 1. The molecule has 0 bridgehead atoms. The highest BCUT2D eigenvalue weighted by Gasteiger charge is 2.51. The molecule has 30 heavy (non-hydrogen) atoms. The van der Waals surface area contributed by atoms with Gasteiger partial charge in [0.15, 0.2) is 11.7 Å². The second-order valence-corrected chi connectivity index (χ2v) is 6.79. The van der Waals surface area contributed by atoms with Gasteiger partial charge in [-0.05, 0) is 25.5 Å². The summed E-state index contributed by atoms with van der Waals surface area (Å²) >= 11 is 0. The number of ketones is 1. The van der Waals surface area contributed by atoms with Gasteiger partial charge in [0.2, 0.25) is 5.91 Å². The molecule has 1 N–H and O–H groups in total. The molecule has 7 heteroatoms. The van der Waals surface area contributed by atoms with Gasteiger partial charge in [0, 0.05) is 11.3 Å². The summed E-state index contributed by atoms with van der Waals surface area (Å²) in [7, 11) is 0. The topological polar surface area (TPSA) is 98.8 Å². The van der Waals surface area contributed by atoms with Gasteiger partial charge in [-0.1, -0.05) is 48.5 Å². The van der Waals surface area contributed by atoms with Crippen LogP contribution in [0.4, 0.5) is 5.69 Å². The van der Waals surface area contributed by atoms with E-state index in [2.05, 4.69) is 5.32 Å². The quantitative estimate of drug-likeness (QED) is 0.409. The SMILES string of the molecule is CCOC(=O)C(C(=O)OCC)C(C(=O)c1ccccc1)C1C(=O)Nc2ccccc21. The molecule has 156 valence electrons. The second-order valence-electron chi connectivity index (χ2n) is 6.79. The van der Waals surface area contributed by atoms with E-state index < -0.39 is 41.4 Å². The first-order chi connectivity index (χ1) is 14.5. The van der Waals surface area contributed by atoms with Crippen LogP contribution in [0.15, 0.2) is 54.6 Å². The minimum Gasteiger partial charge on any atom is -0.465 e. The lowest BCUT2D eigenvalue weighted by atomic mass is 9.74. The Balaban J connectivity index is 2.15. The van der Waals surface area contributed by atoms with Crippen LogP contribution in [-0.4, -0.2) is 36.8 Å². The average molecular weight is 409 g/mol. The maximum absolute atomic E-state index is 13.6. The van der Waals surface area contributed by atoms with Crippen LogP contribution >= 0.6 is 0 Å². The van der Waals surface area contributed by atoms with Gasteiger partial charge in [0.1, 0.15) is 0 Å². The predicted octanol–water partition coefficient (Wildman–Crippen LogP) is 2.96. The lowest BCUT2D eigenvalue weighted by molar-refractivity contribution is -0.164. The van der Waals surface area contributed by atoms with Gasteiger partial charge in [0.05, 0.1) is 25.0 Å². The van der Waals surface area contributed by atoms with E-state index in [9.17, 15) is 19.2 Å². The summed E-state index contributed by atoms with van der Waals surface area (Å²) in [4.78, 5) is 52.1. The molecule has 2 aromatic rings. The fourth-order valence-electron chi connectivity index (χ4n) is 3.73. The molecule has 2 unspecified atom stereocenters. The predicted molar refractivity (Wildman–Crippen MR) is 109 cm³/mol. The summed E-state index contributed by atoms with van der Waals surface area (Å²) in [6.07, 6.45) is 0. The summed E-state index contributed by atoms with van der Waals surface area (Å²) in [5.74, 6) is -6.64. The van der Waals surface area contributed by atoms with Crippen LogP contribution in [0, 0.1) is 11.8 Å². The van der Waals surface area contributed by atoms with Crippen molar-refractivity contribution in [2.45, 2.75) is 19.8 Å². The maximum Gasteiger partial charge on any atom is 0.321 e. The number of amides is 1. The van der Waals surface area contributed by atoms with Gasteiger partial charge in [-0.3, -0.25) is 19.2 Å². The van der Waals surface area contributed by atoms with E-state index in [-0.39, 0.29) is 13.2 Å². The zero-order chi connectivity index (χ0) is 21.7. The smallest absolute Gasteiger partial charge is 0.321 e. The molecule has 7 nitrogen and oxygen atoms in total. The Morgan fingerprint density at radius 3 is 2.07 bits per heavy atom. The number of anilines is 1. The zero-order valence-corrected chi connectivity index (χ0v) is 16.8. The Labute approximate surface area is 174 Å². The van der Waals surface area contributed by atoms with Crippen LogP contribution in [0.25, 0.3) is 0 Å². The molecule has 0 aromatic heterocycles. The van der Waals surface area contributed by atoms with Gasteiger partial charge in [-0.25, -0.2) is 0 Å². The van der Waals surface area contributed by atoms with Crippen LogP contribution in [0.5, 0.6) is 0 Å². The molecule has 0 aliphatic carbocycles. The minimum absolute atomic E-state index is 0.0223. The first-order valence-electron chi connectivity index (χ1n) is 9.81. The minimum atomic E-state index is -1.57. The number of carbonyl (C=O) groups excluding carboxylic acids is 4. The zero-order valence-electron chi connectivity index (χ0n) is 16.8. The third-order valence-electron chi connectivity index (χ3n) is 5.00. The van der Waals surface area contributed by atoms with E-state index in [1.165, 1.54) is 0 Å². The van der Waals surface area contributed by atoms with Crippen LogP contribution in [0.3, 0.4) is 0 Å². The first-order valence-corrected chi connectivity index (χ1v) is 9.81. The first kappa shape index (κ1) is 21.2. The van der Waals surface area contributed by atoms with Crippen molar-refractivity contribution in [3.8, 4) is 0 Å². The van der Waals surface area contributed by atoms with Gasteiger partial charge in [0.25, 0.3) is 0 Å². The lowest BCUT2D eigenvalue weighted by Gasteiger charge is -2.27. The molecule has 0 saturated heterocycles. The molecule has 2 atom stereocenters. The van der Waals surface area contributed by atoms with Crippen molar-refractivity contribution in [2.24, 2.45) is 11.8 Å². The number of nitrogens with one attached hydrogen (secondary N) is 1. The molecule has 0 radical (unpaired) electrons. The highest BCUT2D eigenvalue weighted by Crippen LogP contribution is 2.42. The largest absolute Gasteiger partial charge is 0.465 e. The monoisotopic (exact) mass is 409 g/mol. The molecular weight excluding hydrogens is 386 g/mol. The number of hydrogen-bond donors (Lipinski definition) is 1. The molecule has 0 saturated carbocycles. The standard InChI is InChI=1S/C23H23NO6/c1-3-29-22(27)19(23(28)30-4-2)18(20(25)14-10-6-5-7-11-14)17-15-12-8-9-13-16(15)24-21(17)26/h5-13,17-19H,3-4H2,1-2H3,(H,24,26). The maximum atomic E-state index is 13.6. The number of carbonyl (C=O) groups is 4. The number of benzene rings is 2. The summed E-state index contributed by atoms with van der Waals surface area (Å²) in [6.45, 7) is 3.25. The summed E-state index contributed by atoms with van der Waals surface area (Å²) in [6, 6.07) is 15.2. The normalized spacial score (nSPS) is 15.8. The number of rotatable bonds is 8. The molecule has 1 heterocycles. The van der Waals surface area contributed by atoms with Crippen molar-refractivity contribution in [1.82, 2.24) is 0 Å². The fourth-order valence-corrected chi connectivity index (χ4v) is 3.73. The van der Waals surface area contributed by atoms with E-state index in [4.69, 9.17) is 9.47 Å². The highest BCUT2D eigenvalue weighted by molar-refractivity contribution is 6.12. The van der Waals surface area contributed by atoms with Crippen molar-refractivity contribution in [3.63, 3.8) is 0 Å². The molecule has 3 rings (SSSR count). The van der Waals surface area contributed by atoms with Crippen molar-refractivity contribution in [3.05, 3.63) is 65.7 Å². The Morgan fingerprint density at radius 1 is 0.900 bits per heavy atom. The Morgan fingerprint density at radius 2 is 1.47 bits per heavy atom. The third-order valence-corrected chi connectivity index (χ3v) is 5.00. The molecule has 0 spiro atoms. The van der Waals surface area contributed by atoms with Gasteiger partial charge in [-0.15, -0.1) is 0 Å². The van der Waals surface area contributed by atoms with E-state index in [1.54, 1.807) is 68.4 Å². The van der Waals surface area contributed by atoms with Gasteiger partial charge in [-0.2, -0.15) is 0 Å². The Hall–Kier alpha value is -3.48. The second kappa shape index (κ2) is 9.35. The molecule has 1 aliphatic rings. The molecular formula is C23H23NO6. The summed E-state index contributed by atoms with van der Waals surface area (Å²) in [5, 5.41) is 2.74. The van der Waals surface area contributed by atoms with E-state index >= 15 is 0 Å². The summed E-state index contributed by atoms with van der Waals surface area (Å²) in [5.41, 5.74) is 1.39. The van der Waals surface area contributed by atoms with Crippen LogP contribution < -0.4 is 5.32 Å². The highest BCUT2D eigenvalue weighted by atomic mass is 16.6. The number of Topliss-reactive ketones (excluding diaryl/α,β-unsaturated/α-hetero) is 1. The van der Waals surface area contributed by atoms with E-state index in [1.807, 2.05) is 0 Å². The van der Waals surface area contributed by atoms with Crippen molar-refractivity contribution in [1.29, 1.82) is 0 Å². The van der Waals surface area contributed by atoms with Crippen molar-refractivity contribution < 1.29 is 28.7 Å². The number of esters is 2. The third kappa shape index (κ3) is 4.10. The molecule has 1 aliphatic heterocycles. The van der Waals surface area contributed by atoms with E-state index in [0.29, 0.717) is 16.8 Å². The van der Waals surface area contributed by atoms with Gasteiger partial charge >= 0.3 is 11.9 Å². The summed E-state index contributed by atoms with van der Waals surface area (Å²) < 4.78 is 10.2. The lowest BCUT2D eigenvalue weighted by Crippen LogP contribution is -2.43. The van der Waals surface area contributed by atoms with Crippen molar-refractivity contribution >= 4 is 29.3 Å². The van der Waals surface area contributed by atoms with Crippen molar-refractivity contribution in [2.75, 3.05) is 18.5 Å². The number of fused-ring (bicyclic) bond motifs is 1. The van der Waals surface area contributed by atoms with Crippen LogP contribution in [-0.2, 0) is 23.9 Å². The van der Waals surface area contributed by atoms with Crippen LogP contribution in [0.2, 0.25) is 0 Å². The van der Waals surface area contributed by atoms with E-state index in [0.717, 1.165) is 0 Å². The fraction of sp³-hybridized carbons (Fsp3) is 0.304. The Bertz CT molecular complexity index is 937. The molecule has 1 amide bonds. The Kier molecular flexibility index (Phi) is 6.61. The van der Waals surface area contributed by atoms with Crippen LogP contribution in [0.1, 0.15) is 35.7 Å². The average Bonchev–Trinajstić information content (AvgIpc) is 3.07.